The summed E-state index contributed by atoms with van der Waals surface area (Å²) < 4.78 is 8.40. The van der Waals surface area contributed by atoms with E-state index in [-0.39, 0.29) is 0 Å². The van der Waals surface area contributed by atoms with Crippen molar-refractivity contribution in [2.45, 2.75) is 26.8 Å². The number of aromatic nitrogens is 2. The Bertz CT molecular complexity index is 601. The molecule has 6 heteroatoms. The van der Waals surface area contributed by atoms with E-state index in [0.29, 0.717) is 5.02 Å². The van der Waals surface area contributed by atoms with Crippen LogP contribution in [0.2, 0.25) is 5.02 Å². The van der Waals surface area contributed by atoms with Gasteiger partial charge in [-0.15, -0.1) is 0 Å². The van der Waals surface area contributed by atoms with E-state index >= 15 is 0 Å². The number of ether oxygens (including phenoxy) is 1. The van der Waals surface area contributed by atoms with Gasteiger partial charge in [-0.3, -0.25) is 0 Å². The highest BCUT2D eigenvalue weighted by Gasteiger charge is 2.08. The molecule has 1 N–H and O–H groups in total. The fourth-order valence-electron chi connectivity index (χ4n) is 2.01. The number of benzene rings is 1. The Balaban J connectivity index is 2.08. The Morgan fingerprint density at radius 1 is 1.43 bits per heavy atom. The van der Waals surface area contributed by atoms with Crippen LogP contribution in [0.5, 0.6) is 0 Å². The van der Waals surface area contributed by atoms with Crippen LogP contribution in [0.3, 0.4) is 0 Å². The summed E-state index contributed by atoms with van der Waals surface area (Å²) in [5.74, 6) is 0.826. The molecule has 0 fully saturated rings. The maximum absolute atomic E-state index is 5.96. The zero-order chi connectivity index (χ0) is 15.2. The third-order valence-corrected chi connectivity index (χ3v) is 3.86. The van der Waals surface area contributed by atoms with Crippen LogP contribution in [0.4, 0.5) is 11.6 Å². The van der Waals surface area contributed by atoms with Crippen molar-refractivity contribution in [3.05, 3.63) is 39.6 Å². The SMILES string of the molecule is CCOCCCn1cc(C)nc1Nc1ccc(Cl)cc1Br. The minimum absolute atomic E-state index is 0.698. The Morgan fingerprint density at radius 2 is 2.24 bits per heavy atom. The number of nitrogens with one attached hydrogen (secondary N) is 1. The molecule has 0 aliphatic rings. The fourth-order valence-corrected chi connectivity index (χ4v) is 2.79. The molecule has 1 aromatic heterocycles. The van der Waals surface area contributed by atoms with Gasteiger partial charge in [-0.05, 0) is 54.4 Å². The number of hydrogen-bond acceptors (Lipinski definition) is 3. The summed E-state index contributed by atoms with van der Waals surface area (Å²) in [5.41, 5.74) is 1.93. The van der Waals surface area contributed by atoms with E-state index in [4.69, 9.17) is 16.3 Å². The van der Waals surface area contributed by atoms with E-state index in [9.17, 15) is 0 Å². The van der Waals surface area contributed by atoms with E-state index in [1.807, 2.05) is 38.2 Å². The van der Waals surface area contributed by atoms with Gasteiger partial charge < -0.3 is 14.6 Å². The minimum atomic E-state index is 0.698. The lowest BCUT2D eigenvalue weighted by Gasteiger charge is -2.11. The maximum Gasteiger partial charge on any atom is 0.207 e. The summed E-state index contributed by atoms with van der Waals surface area (Å²) in [4.78, 5) is 4.53. The highest BCUT2D eigenvalue weighted by molar-refractivity contribution is 9.10. The number of aryl methyl sites for hydroxylation is 2. The molecule has 0 amide bonds. The van der Waals surface area contributed by atoms with E-state index < -0.39 is 0 Å². The van der Waals surface area contributed by atoms with Crippen molar-refractivity contribution in [2.24, 2.45) is 0 Å². The molecule has 114 valence electrons. The van der Waals surface area contributed by atoms with Crippen LogP contribution < -0.4 is 5.32 Å². The van der Waals surface area contributed by atoms with Gasteiger partial charge >= 0.3 is 0 Å². The summed E-state index contributed by atoms with van der Waals surface area (Å²) in [7, 11) is 0. The molecule has 0 aliphatic carbocycles. The first kappa shape index (κ1) is 16.3. The predicted molar refractivity (Wildman–Crippen MR) is 90.5 cm³/mol. The Morgan fingerprint density at radius 3 is 2.95 bits per heavy atom. The molecule has 4 nitrogen and oxygen atoms in total. The van der Waals surface area contributed by atoms with Crippen LogP contribution in [-0.4, -0.2) is 22.8 Å². The molecule has 0 unspecified atom stereocenters. The highest BCUT2D eigenvalue weighted by atomic mass is 79.9. The van der Waals surface area contributed by atoms with Gasteiger partial charge in [0.2, 0.25) is 5.95 Å². The molecule has 0 radical (unpaired) electrons. The third kappa shape index (κ3) is 4.73. The molecule has 0 saturated heterocycles. The van der Waals surface area contributed by atoms with Crippen molar-refractivity contribution in [2.75, 3.05) is 18.5 Å². The van der Waals surface area contributed by atoms with Crippen molar-refractivity contribution >= 4 is 39.2 Å². The molecule has 2 rings (SSSR count). The second-order valence-electron chi connectivity index (χ2n) is 4.70. The van der Waals surface area contributed by atoms with Crippen molar-refractivity contribution in [3.8, 4) is 0 Å². The second-order valence-corrected chi connectivity index (χ2v) is 5.99. The van der Waals surface area contributed by atoms with Gasteiger partial charge in [-0.25, -0.2) is 4.98 Å². The van der Waals surface area contributed by atoms with Crippen LogP contribution in [0, 0.1) is 6.92 Å². The number of imidazole rings is 1. The number of halogens is 2. The number of rotatable bonds is 7. The molecule has 1 heterocycles. The summed E-state index contributed by atoms with van der Waals surface area (Å²) >= 11 is 9.47. The van der Waals surface area contributed by atoms with E-state index in [0.717, 1.165) is 48.0 Å². The lowest BCUT2D eigenvalue weighted by molar-refractivity contribution is 0.142. The first-order chi connectivity index (χ1) is 10.1. The molecule has 0 aliphatic heterocycles. The van der Waals surface area contributed by atoms with Crippen LogP contribution in [-0.2, 0) is 11.3 Å². The standard InChI is InChI=1S/C15H19BrClN3O/c1-3-21-8-4-7-20-10-11(2)18-15(20)19-14-6-5-12(17)9-13(14)16/h5-6,9-10H,3-4,7-8H2,1-2H3,(H,18,19). The highest BCUT2D eigenvalue weighted by Crippen LogP contribution is 2.28. The fraction of sp³-hybridized carbons (Fsp3) is 0.400. The van der Waals surface area contributed by atoms with Gasteiger partial charge in [0.1, 0.15) is 0 Å². The predicted octanol–water partition coefficient (Wildman–Crippen LogP) is 4.78. The first-order valence-corrected chi connectivity index (χ1v) is 8.11. The van der Waals surface area contributed by atoms with Gasteiger partial charge in [0, 0.05) is 35.5 Å². The summed E-state index contributed by atoms with van der Waals surface area (Å²) in [6.07, 6.45) is 3.00. The molecular formula is C15H19BrClN3O. The third-order valence-electron chi connectivity index (χ3n) is 2.97. The zero-order valence-electron chi connectivity index (χ0n) is 12.2. The Kier molecular flexibility index (Phi) is 6.08. The van der Waals surface area contributed by atoms with Gasteiger partial charge in [-0.2, -0.15) is 0 Å². The van der Waals surface area contributed by atoms with Crippen LogP contribution in [0.15, 0.2) is 28.9 Å². The molecule has 2 aromatic rings. The lowest BCUT2D eigenvalue weighted by Crippen LogP contribution is -2.06. The number of hydrogen-bond donors (Lipinski definition) is 1. The van der Waals surface area contributed by atoms with Crippen LogP contribution in [0.25, 0.3) is 0 Å². The molecule has 0 saturated carbocycles. The number of anilines is 2. The summed E-state index contributed by atoms with van der Waals surface area (Å²) in [6, 6.07) is 5.64. The molecule has 0 atom stereocenters. The normalized spacial score (nSPS) is 10.9. The van der Waals surface area contributed by atoms with E-state index in [2.05, 4.69) is 30.8 Å². The molecule has 0 bridgehead atoms. The van der Waals surface area contributed by atoms with Crippen molar-refractivity contribution in [1.29, 1.82) is 0 Å². The second kappa shape index (κ2) is 7.82. The zero-order valence-corrected chi connectivity index (χ0v) is 14.5. The van der Waals surface area contributed by atoms with Gasteiger partial charge in [0.15, 0.2) is 0 Å². The average Bonchev–Trinajstić information content (AvgIpc) is 2.78. The van der Waals surface area contributed by atoms with Crippen LogP contribution >= 0.6 is 27.5 Å². The van der Waals surface area contributed by atoms with Crippen molar-refractivity contribution in [1.82, 2.24) is 9.55 Å². The lowest BCUT2D eigenvalue weighted by atomic mass is 10.3. The summed E-state index contributed by atoms with van der Waals surface area (Å²) in [6.45, 7) is 6.38. The topological polar surface area (TPSA) is 39.1 Å². The van der Waals surface area contributed by atoms with Crippen molar-refractivity contribution in [3.63, 3.8) is 0 Å². The Labute approximate surface area is 138 Å². The first-order valence-electron chi connectivity index (χ1n) is 6.93. The summed E-state index contributed by atoms with van der Waals surface area (Å²) in [5, 5.41) is 4.03. The van der Waals surface area contributed by atoms with Crippen molar-refractivity contribution < 1.29 is 4.74 Å². The largest absolute Gasteiger partial charge is 0.382 e. The van der Waals surface area contributed by atoms with Gasteiger partial charge in [0.25, 0.3) is 0 Å². The van der Waals surface area contributed by atoms with Gasteiger partial charge in [-0.1, -0.05) is 11.6 Å². The molecular weight excluding hydrogens is 354 g/mol. The maximum atomic E-state index is 5.96. The minimum Gasteiger partial charge on any atom is -0.382 e. The van der Waals surface area contributed by atoms with Gasteiger partial charge in [0.05, 0.1) is 11.4 Å². The average molecular weight is 373 g/mol. The molecule has 0 spiro atoms. The quantitative estimate of drug-likeness (QED) is 0.711. The van der Waals surface area contributed by atoms with Crippen LogP contribution in [0.1, 0.15) is 19.0 Å². The van der Waals surface area contributed by atoms with E-state index in [1.54, 1.807) is 0 Å². The Hall–Kier alpha value is -1.04. The smallest absolute Gasteiger partial charge is 0.207 e. The number of nitrogens with zero attached hydrogens (tertiary/aromatic N) is 2. The monoisotopic (exact) mass is 371 g/mol. The molecule has 21 heavy (non-hydrogen) atoms. The van der Waals surface area contributed by atoms with E-state index in [1.165, 1.54) is 0 Å². The molecule has 1 aromatic carbocycles.